The summed E-state index contributed by atoms with van der Waals surface area (Å²) in [6.45, 7) is 8.07. The molecule has 4 heteroatoms. The Morgan fingerprint density at radius 2 is 1.52 bits per heavy atom. The Labute approximate surface area is 174 Å². The van der Waals surface area contributed by atoms with Crippen LogP contribution >= 0.6 is 0 Å². The van der Waals surface area contributed by atoms with Gasteiger partial charge in [-0.05, 0) is 17.5 Å². The number of hydrogen-bond donors (Lipinski definition) is 1. The maximum Gasteiger partial charge on any atom is 0.0948 e. The summed E-state index contributed by atoms with van der Waals surface area (Å²) < 4.78 is 11.7. The topological polar surface area (TPSA) is 41.9 Å². The second kappa shape index (κ2) is 10.6. The van der Waals surface area contributed by atoms with Crippen LogP contribution in [-0.2, 0) is 22.7 Å². The molecule has 4 nitrogen and oxygen atoms in total. The van der Waals surface area contributed by atoms with Gasteiger partial charge in [-0.25, -0.2) is 0 Å². The van der Waals surface area contributed by atoms with Crippen molar-refractivity contribution in [3.05, 3.63) is 83.6 Å². The van der Waals surface area contributed by atoms with Gasteiger partial charge in [0.25, 0.3) is 0 Å². The molecule has 1 atom stereocenters. The number of nitrogens with zero attached hydrogens (tertiary/aromatic N) is 1. The van der Waals surface area contributed by atoms with Crippen LogP contribution in [0, 0.1) is 5.41 Å². The summed E-state index contributed by atoms with van der Waals surface area (Å²) in [5.74, 6) is 0. The lowest BCUT2D eigenvalue weighted by molar-refractivity contribution is 0.00854. The zero-order chi connectivity index (χ0) is 20.5. The molecule has 1 heterocycles. The second-order valence-electron chi connectivity index (χ2n) is 8.34. The number of aliphatic hydroxyl groups excluding tert-OH is 1. The Bertz CT molecular complexity index is 758. The van der Waals surface area contributed by atoms with Crippen molar-refractivity contribution in [1.82, 2.24) is 4.90 Å². The molecule has 1 aliphatic heterocycles. The average Bonchev–Trinajstić information content (AvgIpc) is 3.18. The van der Waals surface area contributed by atoms with Crippen molar-refractivity contribution in [3.8, 4) is 0 Å². The van der Waals surface area contributed by atoms with E-state index in [0.717, 1.165) is 18.5 Å². The van der Waals surface area contributed by atoms with Gasteiger partial charge in [-0.1, -0.05) is 80.6 Å². The standard InChI is InChI=1S/C25H33NO3/c1-25(2,20-29-18-22-12-7-4-8-13-22)24-14-9-15-26(24)16-23(27)19-28-17-21-10-5-3-6-11-21/h3-8,10-14,23,27H,9,15-20H2,1-2H3/t23-/m1/s1. The number of aliphatic hydroxyl groups is 1. The van der Waals surface area contributed by atoms with Gasteiger partial charge in [-0.15, -0.1) is 0 Å². The Morgan fingerprint density at radius 1 is 0.931 bits per heavy atom. The molecule has 0 amide bonds. The fraction of sp³-hybridized carbons (Fsp3) is 0.440. The molecule has 2 aromatic carbocycles. The van der Waals surface area contributed by atoms with Crippen LogP contribution in [0.15, 0.2) is 72.4 Å². The van der Waals surface area contributed by atoms with E-state index in [1.807, 2.05) is 48.5 Å². The van der Waals surface area contributed by atoms with Crippen molar-refractivity contribution < 1.29 is 14.6 Å². The molecule has 0 fully saturated rings. The molecule has 29 heavy (non-hydrogen) atoms. The Kier molecular flexibility index (Phi) is 7.87. The van der Waals surface area contributed by atoms with Gasteiger partial charge >= 0.3 is 0 Å². The minimum Gasteiger partial charge on any atom is -0.389 e. The maximum absolute atomic E-state index is 10.5. The summed E-state index contributed by atoms with van der Waals surface area (Å²) in [7, 11) is 0. The number of hydrogen-bond acceptors (Lipinski definition) is 4. The summed E-state index contributed by atoms with van der Waals surface area (Å²) in [5, 5.41) is 10.5. The largest absolute Gasteiger partial charge is 0.389 e. The van der Waals surface area contributed by atoms with Gasteiger partial charge < -0.3 is 19.5 Å². The Morgan fingerprint density at radius 3 is 2.14 bits per heavy atom. The van der Waals surface area contributed by atoms with Gasteiger partial charge in [-0.3, -0.25) is 0 Å². The number of rotatable bonds is 11. The molecule has 0 unspecified atom stereocenters. The molecule has 3 rings (SSSR count). The highest BCUT2D eigenvalue weighted by molar-refractivity contribution is 5.17. The minimum absolute atomic E-state index is 0.101. The van der Waals surface area contributed by atoms with Gasteiger partial charge in [0.2, 0.25) is 0 Å². The highest BCUT2D eigenvalue weighted by Gasteiger charge is 2.31. The van der Waals surface area contributed by atoms with E-state index in [9.17, 15) is 5.11 Å². The van der Waals surface area contributed by atoms with E-state index < -0.39 is 6.10 Å². The molecule has 0 saturated carbocycles. The predicted octanol–water partition coefficient (Wildman–Crippen LogP) is 4.40. The van der Waals surface area contributed by atoms with Gasteiger partial charge in [0, 0.05) is 24.2 Å². The lowest BCUT2D eigenvalue weighted by atomic mass is 9.89. The van der Waals surface area contributed by atoms with Crippen molar-refractivity contribution >= 4 is 0 Å². The normalized spacial score (nSPS) is 15.4. The van der Waals surface area contributed by atoms with Gasteiger partial charge in [-0.2, -0.15) is 0 Å². The summed E-state index contributed by atoms with van der Waals surface area (Å²) >= 11 is 0. The third-order valence-corrected chi connectivity index (χ3v) is 5.20. The quantitative estimate of drug-likeness (QED) is 0.612. The smallest absolute Gasteiger partial charge is 0.0948 e. The summed E-state index contributed by atoms with van der Waals surface area (Å²) in [6.07, 6.45) is 2.78. The molecule has 2 aromatic rings. The predicted molar refractivity (Wildman–Crippen MR) is 116 cm³/mol. The zero-order valence-electron chi connectivity index (χ0n) is 17.6. The minimum atomic E-state index is -0.513. The highest BCUT2D eigenvalue weighted by Crippen LogP contribution is 2.33. The molecule has 1 N–H and O–H groups in total. The van der Waals surface area contributed by atoms with Crippen LogP contribution in [-0.4, -0.2) is 42.4 Å². The lowest BCUT2D eigenvalue weighted by Crippen LogP contribution is -2.38. The Hall–Kier alpha value is -2.14. The van der Waals surface area contributed by atoms with Crippen LogP contribution in [0.4, 0.5) is 0 Å². The molecular formula is C25H33NO3. The van der Waals surface area contributed by atoms with Crippen LogP contribution in [0.5, 0.6) is 0 Å². The van der Waals surface area contributed by atoms with Crippen LogP contribution in [0.3, 0.4) is 0 Å². The molecule has 1 aliphatic rings. The first-order valence-corrected chi connectivity index (χ1v) is 10.4. The van der Waals surface area contributed by atoms with Crippen LogP contribution in [0.25, 0.3) is 0 Å². The Balaban J connectivity index is 1.44. The molecule has 0 radical (unpaired) electrons. The number of β-amino-alcohol motifs (C(OH)–C–C–N with tert-alkyl or cyclic N) is 1. The van der Waals surface area contributed by atoms with Crippen molar-refractivity contribution in [2.45, 2.75) is 39.6 Å². The van der Waals surface area contributed by atoms with Crippen molar-refractivity contribution in [2.24, 2.45) is 5.41 Å². The fourth-order valence-corrected chi connectivity index (χ4v) is 3.77. The van der Waals surface area contributed by atoms with Gasteiger partial charge in [0.05, 0.1) is 32.5 Å². The van der Waals surface area contributed by atoms with Crippen LogP contribution < -0.4 is 0 Å². The molecule has 0 aliphatic carbocycles. The van der Waals surface area contributed by atoms with Crippen molar-refractivity contribution in [2.75, 3.05) is 26.3 Å². The first-order valence-electron chi connectivity index (χ1n) is 10.4. The fourth-order valence-electron chi connectivity index (χ4n) is 3.77. The summed E-state index contributed by atoms with van der Waals surface area (Å²) in [4.78, 5) is 2.28. The lowest BCUT2D eigenvalue weighted by Gasteiger charge is -2.35. The third kappa shape index (κ3) is 6.70. The van der Waals surface area contributed by atoms with Gasteiger partial charge in [0.1, 0.15) is 0 Å². The van der Waals surface area contributed by atoms with Crippen molar-refractivity contribution in [1.29, 1.82) is 0 Å². The third-order valence-electron chi connectivity index (χ3n) is 5.20. The van der Waals surface area contributed by atoms with E-state index in [-0.39, 0.29) is 5.41 Å². The van der Waals surface area contributed by atoms with Gasteiger partial charge in [0.15, 0.2) is 0 Å². The monoisotopic (exact) mass is 395 g/mol. The highest BCUT2D eigenvalue weighted by atomic mass is 16.5. The molecule has 0 spiro atoms. The average molecular weight is 396 g/mol. The van der Waals surface area contributed by atoms with E-state index >= 15 is 0 Å². The first kappa shape index (κ1) is 21.6. The van der Waals surface area contributed by atoms with Crippen LogP contribution in [0.1, 0.15) is 31.4 Å². The SMILES string of the molecule is CC(C)(COCc1ccccc1)C1=CCCN1C[C@@H](O)COCc1ccccc1. The van der Waals surface area contributed by atoms with Crippen molar-refractivity contribution in [3.63, 3.8) is 0 Å². The molecule has 156 valence electrons. The molecule has 0 saturated heterocycles. The van der Waals surface area contributed by atoms with E-state index in [1.165, 1.54) is 11.3 Å². The van der Waals surface area contributed by atoms with E-state index in [2.05, 4.69) is 37.0 Å². The summed E-state index contributed by atoms with van der Waals surface area (Å²) in [6, 6.07) is 20.3. The summed E-state index contributed by atoms with van der Waals surface area (Å²) in [5.41, 5.74) is 3.47. The maximum atomic E-state index is 10.5. The number of ether oxygens (including phenoxy) is 2. The zero-order valence-corrected chi connectivity index (χ0v) is 17.6. The van der Waals surface area contributed by atoms with E-state index in [0.29, 0.717) is 33.0 Å². The first-order chi connectivity index (χ1) is 14.0. The second-order valence-corrected chi connectivity index (χ2v) is 8.34. The molecule has 0 bridgehead atoms. The number of benzene rings is 2. The molecular weight excluding hydrogens is 362 g/mol. The molecule has 0 aromatic heterocycles. The van der Waals surface area contributed by atoms with E-state index in [1.54, 1.807) is 0 Å². The van der Waals surface area contributed by atoms with E-state index in [4.69, 9.17) is 9.47 Å². The van der Waals surface area contributed by atoms with Crippen LogP contribution in [0.2, 0.25) is 0 Å².